The summed E-state index contributed by atoms with van der Waals surface area (Å²) < 4.78 is 5.10. The number of hydrogen-bond acceptors (Lipinski definition) is 4. The molecule has 1 aliphatic rings. The molecule has 2 rings (SSSR count). The van der Waals surface area contributed by atoms with E-state index in [-0.39, 0.29) is 11.9 Å². The van der Waals surface area contributed by atoms with E-state index in [4.69, 9.17) is 22.1 Å². The van der Waals surface area contributed by atoms with Crippen LogP contribution in [0.1, 0.15) is 19.8 Å². The zero-order valence-electron chi connectivity index (χ0n) is 13.1. The van der Waals surface area contributed by atoms with Crippen molar-refractivity contribution in [2.45, 2.75) is 25.8 Å². The third-order valence-electron chi connectivity index (χ3n) is 4.09. The highest BCUT2D eigenvalue weighted by molar-refractivity contribution is 6.32. The standard InChI is InChI=1S/C16H24ClN3O2/c1-11(18)12-4-3-7-20(9-12)10-16(21)19-13-5-6-15(22-2)14(17)8-13/h5-6,8,11-12H,3-4,7,9-10,18H2,1-2H3,(H,19,21). The zero-order valence-corrected chi connectivity index (χ0v) is 13.9. The van der Waals surface area contributed by atoms with Gasteiger partial charge in [0.05, 0.1) is 18.7 Å². The quantitative estimate of drug-likeness (QED) is 0.872. The van der Waals surface area contributed by atoms with E-state index in [0.717, 1.165) is 25.9 Å². The third kappa shape index (κ3) is 4.60. The molecule has 122 valence electrons. The van der Waals surface area contributed by atoms with Gasteiger partial charge in [-0.3, -0.25) is 9.69 Å². The Morgan fingerprint density at radius 2 is 2.36 bits per heavy atom. The molecule has 5 nitrogen and oxygen atoms in total. The van der Waals surface area contributed by atoms with Gasteiger partial charge in [0.25, 0.3) is 0 Å². The lowest BCUT2D eigenvalue weighted by Gasteiger charge is -2.34. The zero-order chi connectivity index (χ0) is 16.1. The lowest BCUT2D eigenvalue weighted by molar-refractivity contribution is -0.117. The fraction of sp³-hybridized carbons (Fsp3) is 0.562. The average Bonchev–Trinajstić information content (AvgIpc) is 2.47. The fourth-order valence-electron chi connectivity index (χ4n) is 2.81. The summed E-state index contributed by atoms with van der Waals surface area (Å²) in [6.45, 7) is 4.24. The van der Waals surface area contributed by atoms with E-state index in [1.807, 2.05) is 6.92 Å². The summed E-state index contributed by atoms with van der Waals surface area (Å²) in [5, 5.41) is 3.36. The third-order valence-corrected chi connectivity index (χ3v) is 4.38. The predicted molar refractivity (Wildman–Crippen MR) is 89.4 cm³/mol. The van der Waals surface area contributed by atoms with Gasteiger partial charge in [-0.25, -0.2) is 0 Å². The van der Waals surface area contributed by atoms with Crippen molar-refractivity contribution in [1.82, 2.24) is 4.90 Å². The summed E-state index contributed by atoms with van der Waals surface area (Å²) in [4.78, 5) is 14.3. The monoisotopic (exact) mass is 325 g/mol. The number of nitrogens with zero attached hydrogens (tertiary/aromatic N) is 1. The minimum Gasteiger partial charge on any atom is -0.495 e. The fourth-order valence-corrected chi connectivity index (χ4v) is 3.07. The van der Waals surface area contributed by atoms with Crippen molar-refractivity contribution in [3.05, 3.63) is 23.2 Å². The molecule has 6 heteroatoms. The number of nitrogens with one attached hydrogen (secondary N) is 1. The van der Waals surface area contributed by atoms with E-state index in [1.54, 1.807) is 25.3 Å². The average molecular weight is 326 g/mol. The summed E-state index contributed by atoms with van der Waals surface area (Å²) >= 11 is 6.06. The molecule has 0 spiro atoms. The van der Waals surface area contributed by atoms with Crippen molar-refractivity contribution in [2.75, 3.05) is 32.1 Å². The van der Waals surface area contributed by atoms with Gasteiger partial charge in [0.2, 0.25) is 5.91 Å². The van der Waals surface area contributed by atoms with Crippen molar-refractivity contribution in [1.29, 1.82) is 0 Å². The molecule has 0 saturated carbocycles. The molecule has 0 radical (unpaired) electrons. The number of methoxy groups -OCH3 is 1. The maximum absolute atomic E-state index is 12.2. The molecule has 1 heterocycles. The smallest absolute Gasteiger partial charge is 0.238 e. The van der Waals surface area contributed by atoms with Crippen LogP contribution in [0.3, 0.4) is 0 Å². The number of carbonyl (C=O) groups is 1. The number of amides is 1. The Morgan fingerprint density at radius 3 is 3.00 bits per heavy atom. The van der Waals surface area contributed by atoms with Gasteiger partial charge in [-0.2, -0.15) is 0 Å². The molecule has 1 saturated heterocycles. The summed E-state index contributed by atoms with van der Waals surface area (Å²) in [5.41, 5.74) is 6.65. The second-order valence-electron chi connectivity index (χ2n) is 5.89. The van der Waals surface area contributed by atoms with E-state index in [1.165, 1.54) is 0 Å². The topological polar surface area (TPSA) is 67.6 Å². The van der Waals surface area contributed by atoms with Gasteiger partial charge in [-0.1, -0.05) is 11.6 Å². The van der Waals surface area contributed by atoms with Crippen LogP contribution in [-0.2, 0) is 4.79 Å². The summed E-state index contributed by atoms with van der Waals surface area (Å²) in [7, 11) is 1.56. The Labute approximate surface area is 136 Å². The minimum absolute atomic E-state index is 0.0356. The molecular formula is C16H24ClN3O2. The second kappa shape index (κ2) is 7.81. The lowest BCUT2D eigenvalue weighted by Crippen LogP contribution is -2.45. The van der Waals surface area contributed by atoms with E-state index < -0.39 is 0 Å². The van der Waals surface area contributed by atoms with E-state index in [2.05, 4.69) is 10.2 Å². The maximum Gasteiger partial charge on any atom is 0.238 e. The minimum atomic E-state index is -0.0356. The molecule has 0 aliphatic carbocycles. The highest BCUT2D eigenvalue weighted by Gasteiger charge is 2.23. The number of benzene rings is 1. The number of likely N-dealkylation sites (tertiary alicyclic amines) is 1. The Bertz CT molecular complexity index is 522. The van der Waals surface area contributed by atoms with Crippen molar-refractivity contribution in [2.24, 2.45) is 11.7 Å². The van der Waals surface area contributed by atoms with Crippen molar-refractivity contribution in [3.8, 4) is 5.75 Å². The van der Waals surface area contributed by atoms with E-state index in [0.29, 0.717) is 28.9 Å². The number of anilines is 1. The maximum atomic E-state index is 12.2. The van der Waals surface area contributed by atoms with Gasteiger partial charge in [0, 0.05) is 18.3 Å². The highest BCUT2D eigenvalue weighted by Crippen LogP contribution is 2.27. The summed E-state index contributed by atoms with van der Waals surface area (Å²) in [6.07, 6.45) is 2.23. The van der Waals surface area contributed by atoms with Crippen molar-refractivity contribution in [3.63, 3.8) is 0 Å². The Kier molecular flexibility index (Phi) is 6.06. The molecule has 3 N–H and O–H groups in total. The van der Waals surface area contributed by atoms with Gasteiger partial charge in [-0.15, -0.1) is 0 Å². The number of carbonyl (C=O) groups excluding carboxylic acids is 1. The van der Waals surface area contributed by atoms with Crippen LogP contribution in [0.5, 0.6) is 5.75 Å². The number of halogens is 1. The SMILES string of the molecule is COc1ccc(NC(=O)CN2CCCC(C(C)N)C2)cc1Cl. The van der Waals surface area contributed by atoms with Gasteiger partial charge in [0.1, 0.15) is 5.75 Å². The second-order valence-corrected chi connectivity index (χ2v) is 6.30. The largest absolute Gasteiger partial charge is 0.495 e. The molecule has 0 bridgehead atoms. The van der Waals surface area contributed by atoms with Crippen LogP contribution < -0.4 is 15.8 Å². The highest BCUT2D eigenvalue weighted by atomic mass is 35.5. The molecule has 1 fully saturated rings. The lowest BCUT2D eigenvalue weighted by atomic mass is 9.92. The Morgan fingerprint density at radius 1 is 1.59 bits per heavy atom. The molecular weight excluding hydrogens is 302 g/mol. The first kappa shape index (κ1) is 17.1. The number of rotatable bonds is 5. The van der Waals surface area contributed by atoms with E-state index in [9.17, 15) is 4.79 Å². The van der Waals surface area contributed by atoms with Crippen LogP contribution in [0, 0.1) is 5.92 Å². The molecule has 1 aliphatic heterocycles. The first-order valence-corrected chi connectivity index (χ1v) is 7.98. The molecule has 1 aromatic rings. The molecule has 1 aromatic carbocycles. The van der Waals surface area contributed by atoms with Gasteiger partial charge >= 0.3 is 0 Å². The van der Waals surface area contributed by atoms with Crippen LogP contribution in [0.4, 0.5) is 5.69 Å². The summed E-state index contributed by atoms with van der Waals surface area (Å²) in [6, 6.07) is 5.39. The molecule has 2 unspecified atom stereocenters. The van der Waals surface area contributed by atoms with Crippen LogP contribution in [0.2, 0.25) is 5.02 Å². The molecule has 22 heavy (non-hydrogen) atoms. The van der Waals surface area contributed by atoms with Crippen molar-refractivity contribution >= 4 is 23.2 Å². The van der Waals surface area contributed by atoms with Crippen LogP contribution in [0.15, 0.2) is 18.2 Å². The Balaban J connectivity index is 1.88. The first-order chi connectivity index (χ1) is 10.5. The van der Waals surface area contributed by atoms with Crippen LogP contribution in [0.25, 0.3) is 0 Å². The predicted octanol–water partition coefficient (Wildman–Crippen LogP) is 2.35. The van der Waals surface area contributed by atoms with Crippen molar-refractivity contribution < 1.29 is 9.53 Å². The van der Waals surface area contributed by atoms with Gasteiger partial charge in [0.15, 0.2) is 0 Å². The number of ether oxygens (including phenoxy) is 1. The molecule has 0 aromatic heterocycles. The van der Waals surface area contributed by atoms with Gasteiger partial charge < -0.3 is 15.8 Å². The van der Waals surface area contributed by atoms with E-state index >= 15 is 0 Å². The Hall–Kier alpha value is -1.30. The number of nitrogens with two attached hydrogens (primary N) is 1. The normalized spacial score (nSPS) is 20.5. The summed E-state index contributed by atoms with van der Waals surface area (Å²) in [5.74, 6) is 1.03. The van der Waals surface area contributed by atoms with Crippen LogP contribution in [-0.4, -0.2) is 43.6 Å². The number of hydrogen-bond donors (Lipinski definition) is 2. The number of piperidine rings is 1. The van der Waals surface area contributed by atoms with Crippen LogP contribution >= 0.6 is 11.6 Å². The van der Waals surface area contributed by atoms with Gasteiger partial charge in [-0.05, 0) is 50.4 Å². The molecule has 1 amide bonds. The first-order valence-electron chi connectivity index (χ1n) is 7.61. The molecule has 2 atom stereocenters.